The fraction of sp³-hybridized carbons (Fsp3) is 0.312. The molecule has 6 nitrogen and oxygen atoms in total. The van der Waals surface area contributed by atoms with Crippen LogP contribution in [0, 0.1) is 0 Å². The Hall–Kier alpha value is -1.90. The molecule has 1 N–H and O–H groups in total. The summed E-state index contributed by atoms with van der Waals surface area (Å²) in [5.41, 5.74) is 2.00. The molecule has 1 amide bonds. The second-order valence-electron chi connectivity index (χ2n) is 5.35. The van der Waals surface area contributed by atoms with Crippen molar-refractivity contribution in [3.63, 3.8) is 0 Å². The maximum Gasteiger partial charge on any atom is 0.323 e. The minimum Gasteiger partial charge on any atom is -0.480 e. The Morgan fingerprint density at radius 1 is 1.29 bits per heavy atom. The lowest BCUT2D eigenvalue weighted by molar-refractivity contribution is -0.140. The Labute approximate surface area is 149 Å². The van der Waals surface area contributed by atoms with E-state index in [0.29, 0.717) is 4.91 Å². The number of nitrogens with zero attached hydrogens (tertiary/aromatic N) is 2. The van der Waals surface area contributed by atoms with Crippen LogP contribution < -0.4 is 4.90 Å². The van der Waals surface area contributed by atoms with E-state index < -0.39 is 12.5 Å². The molecule has 2 heterocycles. The number of hydrogen-bond acceptors (Lipinski definition) is 6. The van der Waals surface area contributed by atoms with Gasteiger partial charge in [-0.1, -0.05) is 36.1 Å². The van der Waals surface area contributed by atoms with E-state index in [2.05, 4.69) is 4.90 Å². The van der Waals surface area contributed by atoms with Gasteiger partial charge in [0.2, 0.25) is 0 Å². The van der Waals surface area contributed by atoms with Crippen molar-refractivity contribution in [3.05, 3.63) is 34.7 Å². The quantitative estimate of drug-likeness (QED) is 0.645. The van der Waals surface area contributed by atoms with E-state index in [1.54, 1.807) is 6.08 Å². The molecule has 2 aliphatic rings. The molecule has 0 saturated carbocycles. The van der Waals surface area contributed by atoms with Crippen LogP contribution in [0.3, 0.4) is 0 Å². The number of carboxylic acids is 1. The van der Waals surface area contributed by atoms with Gasteiger partial charge >= 0.3 is 5.97 Å². The first-order chi connectivity index (χ1) is 11.5. The normalized spacial score (nSPS) is 20.1. The largest absolute Gasteiger partial charge is 0.480 e. The summed E-state index contributed by atoms with van der Waals surface area (Å²) in [6.07, 6.45) is 1.74. The number of anilines is 1. The van der Waals surface area contributed by atoms with Gasteiger partial charge in [0, 0.05) is 18.8 Å². The minimum absolute atomic E-state index is 0.276. The Morgan fingerprint density at radius 2 is 1.96 bits per heavy atom. The van der Waals surface area contributed by atoms with Gasteiger partial charge in [-0.3, -0.25) is 14.5 Å². The first-order valence-corrected chi connectivity index (χ1v) is 8.67. The SMILES string of the molecule is O=C(O)CN1C(=O)C(=Cc2ccc(N3CCOCC3)cc2)SC1=S. The van der Waals surface area contributed by atoms with Gasteiger partial charge in [-0.15, -0.1) is 0 Å². The lowest BCUT2D eigenvalue weighted by Crippen LogP contribution is -2.36. The number of morpholine rings is 1. The number of carboxylic acid groups (broad SMARTS) is 1. The second-order valence-corrected chi connectivity index (χ2v) is 7.03. The van der Waals surface area contributed by atoms with Crippen molar-refractivity contribution in [2.45, 2.75) is 0 Å². The van der Waals surface area contributed by atoms with Crippen LogP contribution in [0.15, 0.2) is 29.2 Å². The molecule has 0 spiro atoms. The summed E-state index contributed by atoms with van der Waals surface area (Å²) in [7, 11) is 0. The van der Waals surface area contributed by atoms with Crippen molar-refractivity contribution in [2.24, 2.45) is 0 Å². The van der Waals surface area contributed by atoms with Gasteiger partial charge in [-0.05, 0) is 23.8 Å². The topological polar surface area (TPSA) is 70.1 Å². The number of rotatable bonds is 4. The van der Waals surface area contributed by atoms with Crippen LogP contribution in [-0.2, 0) is 14.3 Å². The molecule has 0 bridgehead atoms. The van der Waals surface area contributed by atoms with E-state index in [0.717, 1.165) is 54.2 Å². The molecule has 0 aliphatic carbocycles. The molecule has 126 valence electrons. The summed E-state index contributed by atoms with van der Waals surface area (Å²) in [5.74, 6) is -1.44. The van der Waals surface area contributed by atoms with E-state index in [1.807, 2.05) is 24.3 Å². The smallest absolute Gasteiger partial charge is 0.323 e. The van der Waals surface area contributed by atoms with Gasteiger partial charge in [-0.25, -0.2) is 0 Å². The molecule has 2 aliphatic heterocycles. The second kappa shape index (κ2) is 7.33. The Balaban J connectivity index is 1.73. The van der Waals surface area contributed by atoms with Crippen LogP contribution >= 0.6 is 24.0 Å². The molecule has 1 aromatic carbocycles. The van der Waals surface area contributed by atoms with Gasteiger partial charge in [0.15, 0.2) is 0 Å². The van der Waals surface area contributed by atoms with Crippen molar-refractivity contribution in [1.29, 1.82) is 0 Å². The lowest BCUT2D eigenvalue weighted by Gasteiger charge is -2.28. The Kier molecular flexibility index (Phi) is 5.17. The maximum atomic E-state index is 12.2. The summed E-state index contributed by atoms with van der Waals surface area (Å²) < 4.78 is 5.62. The monoisotopic (exact) mass is 364 g/mol. The molecule has 1 aromatic rings. The molecule has 8 heteroatoms. The Bertz CT molecular complexity index is 697. The predicted octanol–water partition coefficient (Wildman–Crippen LogP) is 1.81. The molecular weight excluding hydrogens is 348 g/mol. The minimum atomic E-state index is -1.08. The van der Waals surface area contributed by atoms with Crippen LogP contribution in [0.1, 0.15) is 5.56 Å². The average Bonchev–Trinajstić information content (AvgIpc) is 2.83. The highest BCUT2D eigenvalue weighted by Gasteiger charge is 2.33. The van der Waals surface area contributed by atoms with E-state index in [1.165, 1.54) is 0 Å². The maximum absolute atomic E-state index is 12.2. The fourth-order valence-corrected chi connectivity index (χ4v) is 3.78. The van der Waals surface area contributed by atoms with Gasteiger partial charge < -0.3 is 14.7 Å². The third-order valence-corrected chi connectivity index (χ3v) is 5.11. The van der Waals surface area contributed by atoms with Gasteiger partial charge in [-0.2, -0.15) is 0 Å². The zero-order chi connectivity index (χ0) is 17.1. The van der Waals surface area contributed by atoms with Crippen LogP contribution in [0.5, 0.6) is 0 Å². The van der Waals surface area contributed by atoms with Gasteiger partial charge in [0.25, 0.3) is 5.91 Å². The van der Waals surface area contributed by atoms with Gasteiger partial charge in [0.1, 0.15) is 10.9 Å². The molecule has 0 aromatic heterocycles. The molecule has 0 atom stereocenters. The van der Waals surface area contributed by atoms with Crippen molar-refractivity contribution >= 4 is 51.9 Å². The summed E-state index contributed by atoms with van der Waals surface area (Å²) in [5, 5.41) is 8.84. The fourth-order valence-electron chi connectivity index (χ4n) is 2.53. The predicted molar refractivity (Wildman–Crippen MR) is 97.0 cm³/mol. The summed E-state index contributed by atoms with van der Waals surface area (Å²) >= 11 is 6.21. The number of thioether (sulfide) groups is 1. The summed E-state index contributed by atoms with van der Waals surface area (Å²) in [4.78, 5) is 26.8. The molecule has 24 heavy (non-hydrogen) atoms. The lowest BCUT2D eigenvalue weighted by atomic mass is 10.1. The number of carbonyl (C=O) groups is 2. The highest BCUT2D eigenvalue weighted by atomic mass is 32.2. The summed E-state index contributed by atoms with van der Waals surface area (Å²) in [6.45, 7) is 2.79. The van der Waals surface area contributed by atoms with E-state index in [4.69, 9.17) is 22.1 Å². The van der Waals surface area contributed by atoms with Crippen molar-refractivity contribution in [1.82, 2.24) is 4.90 Å². The van der Waals surface area contributed by atoms with Crippen LogP contribution in [0.25, 0.3) is 6.08 Å². The number of thiocarbonyl (C=S) groups is 1. The number of ether oxygens (including phenoxy) is 1. The van der Waals surface area contributed by atoms with E-state index >= 15 is 0 Å². The van der Waals surface area contributed by atoms with Crippen molar-refractivity contribution < 1.29 is 19.4 Å². The third-order valence-electron chi connectivity index (χ3n) is 3.73. The Morgan fingerprint density at radius 3 is 2.58 bits per heavy atom. The number of carbonyl (C=O) groups excluding carboxylic acids is 1. The van der Waals surface area contributed by atoms with E-state index in [9.17, 15) is 9.59 Å². The number of aliphatic carboxylic acids is 1. The first-order valence-electron chi connectivity index (χ1n) is 7.44. The van der Waals surface area contributed by atoms with Crippen molar-refractivity contribution in [3.8, 4) is 0 Å². The number of hydrogen-bond donors (Lipinski definition) is 1. The molecule has 0 radical (unpaired) electrons. The highest BCUT2D eigenvalue weighted by Crippen LogP contribution is 2.32. The highest BCUT2D eigenvalue weighted by molar-refractivity contribution is 8.26. The van der Waals surface area contributed by atoms with Crippen LogP contribution in [-0.4, -0.2) is 59.1 Å². The molecule has 2 saturated heterocycles. The number of benzene rings is 1. The molecule has 0 unspecified atom stereocenters. The van der Waals surface area contributed by atoms with Gasteiger partial charge in [0.05, 0.1) is 18.1 Å². The van der Waals surface area contributed by atoms with Crippen molar-refractivity contribution in [2.75, 3.05) is 37.7 Å². The summed E-state index contributed by atoms with van der Waals surface area (Å²) in [6, 6.07) is 7.90. The molecule has 3 rings (SSSR count). The zero-order valence-electron chi connectivity index (χ0n) is 12.8. The first kappa shape index (κ1) is 16.9. The number of amides is 1. The standard InChI is InChI=1S/C16H16N2O4S2/c19-14(20)10-18-15(21)13(24-16(18)23)9-11-1-3-12(4-2-11)17-5-7-22-8-6-17/h1-4,9H,5-8,10H2,(H,19,20). The zero-order valence-corrected chi connectivity index (χ0v) is 14.4. The average molecular weight is 364 g/mol. The molecular formula is C16H16N2O4S2. The van der Waals surface area contributed by atoms with Crippen LogP contribution in [0.4, 0.5) is 5.69 Å². The van der Waals surface area contributed by atoms with E-state index in [-0.39, 0.29) is 10.2 Å². The molecule has 2 fully saturated rings. The third kappa shape index (κ3) is 3.77. The van der Waals surface area contributed by atoms with Crippen LogP contribution in [0.2, 0.25) is 0 Å².